The average Bonchev–Trinajstić information content (AvgIpc) is 3.10. The van der Waals surface area contributed by atoms with E-state index in [-0.39, 0.29) is 5.91 Å². The second-order valence-corrected chi connectivity index (χ2v) is 5.66. The second kappa shape index (κ2) is 5.44. The molecule has 2 heterocycles. The summed E-state index contributed by atoms with van der Waals surface area (Å²) in [7, 11) is 0. The number of hydrogen-bond donors (Lipinski definition) is 1. The van der Waals surface area contributed by atoms with Crippen molar-refractivity contribution in [2.75, 3.05) is 5.32 Å². The van der Waals surface area contributed by atoms with E-state index >= 15 is 0 Å². The number of thiophene rings is 1. The molecule has 2 aromatic heterocycles. The predicted octanol–water partition coefficient (Wildman–Crippen LogP) is 3.23. The SMILES string of the molecule is O=C(Nc1ccc(-n2cncn2)cc1)c1ccc(Cl)s1. The van der Waals surface area contributed by atoms with Crippen molar-refractivity contribution >= 4 is 34.5 Å². The molecular formula is C13H9ClN4OS. The number of carbonyl (C=O) groups excluding carboxylic acids is 1. The first kappa shape index (κ1) is 12.8. The Hall–Kier alpha value is -2.18. The van der Waals surface area contributed by atoms with Gasteiger partial charge >= 0.3 is 0 Å². The smallest absolute Gasteiger partial charge is 0.265 e. The Balaban J connectivity index is 1.74. The first-order chi connectivity index (χ1) is 9.72. The molecule has 1 aromatic carbocycles. The molecule has 20 heavy (non-hydrogen) atoms. The lowest BCUT2D eigenvalue weighted by Crippen LogP contribution is -2.10. The number of nitrogens with zero attached hydrogens (tertiary/aromatic N) is 3. The van der Waals surface area contributed by atoms with Gasteiger partial charge in [0.15, 0.2) is 0 Å². The summed E-state index contributed by atoms with van der Waals surface area (Å²) >= 11 is 7.06. The van der Waals surface area contributed by atoms with E-state index in [4.69, 9.17) is 11.6 Å². The van der Waals surface area contributed by atoms with Crippen molar-refractivity contribution in [3.63, 3.8) is 0 Å². The molecular weight excluding hydrogens is 296 g/mol. The number of nitrogens with one attached hydrogen (secondary N) is 1. The van der Waals surface area contributed by atoms with E-state index < -0.39 is 0 Å². The van der Waals surface area contributed by atoms with Gasteiger partial charge in [-0.2, -0.15) is 5.10 Å². The third-order valence-electron chi connectivity index (χ3n) is 2.61. The quantitative estimate of drug-likeness (QED) is 0.808. The van der Waals surface area contributed by atoms with Crippen LogP contribution in [0.15, 0.2) is 49.1 Å². The van der Waals surface area contributed by atoms with Crippen molar-refractivity contribution in [1.82, 2.24) is 14.8 Å². The maximum absolute atomic E-state index is 12.0. The fraction of sp³-hybridized carbons (Fsp3) is 0. The molecule has 0 bridgehead atoms. The molecule has 0 aliphatic rings. The highest BCUT2D eigenvalue weighted by Crippen LogP contribution is 2.22. The van der Waals surface area contributed by atoms with Crippen LogP contribution in [0.5, 0.6) is 0 Å². The third kappa shape index (κ3) is 2.71. The van der Waals surface area contributed by atoms with Gasteiger partial charge in [0.1, 0.15) is 12.7 Å². The molecule has 0 aliphatic carbocycles. The molecule has 3 aromatic rings. The van der Waals surface area contributed by atoms with Crippen LogP contribution in [0.25, 0.3) is 5.69 Å². The van der Waals surface area contributed by atoms with Crippen LogP contribution in [-0.4, -0.2) is 20.7 Å². The molecule has 100 valence electrons. The summed E-state index contributed by atoms with van der Waals surface area (Å²) in [5.41, 5.74) is 1.59. The lowest BCUT2D eigenvalue weighted by Gasteiger charge is -2.05. The number of carbonyl (C=O) groups is 1. The zero-order chi connectivity index (χ0) is 13.9. The summed E-state index contributed by atoms with van der Waals surface area (Å²) in [4.78, 5) is 16.4. The first-order valence-corrected chi connectivity index (χ1v) is 6.93. The van der Waals surface area contributed by atoms with Gasteiger partial charge in [-0.1, -0.05) is 11.6 Å². The van der Waals surface area contributed by atoms with Gasteiger partial charge in [-0.3, -0.25) is 4.79 Å². The van der Waals surface area contributed by atoms with Crippen LogP contribution < -0.4 is 5.32 Å². The zero-order valence-electron chi connectivity index (χ0n) is 10.2. The maximum Gasteiger partial charge on any atom is 0.265 e. The molecule has 0 atom stereocenters. The molecule has 5 nitrogen and oxygen atoms in total. The Kier molecular flexibility index (Phi) is 3.49. The Bertz CT molecular complexity index is 721. The van der Waals surface area contributed by atoms with Crippen LogP contribution >= 0.6 is 22.9 Å². The van der Waals surface area contributed by atoms with Crippen LogP contribution in [0.3, 0.4) is 0 Å². The Morgan fingerprint density at radius 3 is 2.60 bits per heavy atom. The van der Waals surface area contributed by atoms with Crippen LogP contribution in [0, 0.1) is 0 Å². The van der Waals surface area contributed by atoms with Gasteiger partial charge in [-0.05, 0) is 36.4 Å². The number of hydrogen-bond acceptors (Lipinski definition) is 4. The minimum absolute atomic E-state index is 0.171. The van der Waals surface area contributed by atoms with Gasteiger partial charge in [0.25, 0.3) is 5.91 Å². The normalized spacial score (nSPS) is 10.4. The summed E-state index contributed by atoms with van der Waals surface area (Å²) in [6.07, 6.45) is 3.08. The van der Waals surface area contributed by atoms with E-state index in [0.717, 1.165) is 5.69 Å². The molecule has 3 rings (SSSR count). The molecule has 0 aliphatic heterocycles. The molecule has 0 radical (unpaired) electrons. The first-order valence-electron chi connectivity index (χ1n) is 5.74. The molecule has 0 saturated heterocycles. The lowest BCUT2D eigenvalue weighted by atomic mass is 10.2. The fourth-order valence-electron chi connectivity index (χ4n) is 1.67. The van der Waals surface area contributed by atoms with Crippen molar-refractivity contribution in [2.45, 2.75) is 0 Å². The summed E-state index contributed by atoms with van der Waals surface area (Å²) in [6.45, 7) is 0. The van der Waals surface area contributed by atoms with Gasteiger partial charge in [0, 0.05) is 5.69 Å². The van der Waals surface area contributed by atoms with E-state index in [9.17, 15) is 4.79 Å². The molecule has 0 saturated carbocycles. The minimum Gasteiger partial charge on any atom is -0.321 e. The number of anilines is 1. The number of aromatic nitrogens is 3. The lowest BCUT2D eigenvalue weighted by molar-refractivity contribution is 0.103. The van der Waals surface area contributed by atoms with Crippen molar-refractivity contribution in [3.05, 3.63) is 58.3 Å². The summed E-state index contributed by atoms with van der Waals surface area (Å²) < 4.78 is 2.24. The van der Waals surface area contributed by atoms with Gasteiger partial charge in [-0.15, -0.1) is 11.3 Å². The summed E-state index contributed by atoms with van der Waals surface area (Å²) in [6, 6.07) is 10.7. The monoisotopic (exact) mass is 304 g/mol. The van der Waals surface area contributed by atoms with Crippen LogP contribution in [-0.2, 0) is 0 Å². The standard InChI is InChI=1S/C13H9ClN4OS/c14-12-6-5-11(20-12)13(19)17-9-1-3-10(4-2-9)18-8-15-7-16-18/h1-8H,(H,17,19). The van der Waals surface area contributed by atoms with Crippen LogP contribution in [0.4, 0.5) is 5.69 Å². The molecule has 0 spiro atoms. The average molecular weight is 305 g/mol. The number of benzene rings is 1. The van der Waals surface area contributed by atoms with Gasteiger partial charge < -0.3 is 5.32 Å². The van der Waals surface area contributed by atoms with E-state index in [1.807, 2.05) is 24.3 Å². The topological polar surface area (TPSA) is 59.8 Å². The largest absolute Gasteiger partial charge is 0.321 e. The Morgan fingerprint density at radius 1 is 1.20 bits per heavy atom. The highest BCUT2D eigenvalue weighted by Gasteiger charge is 2.08. The molecule has 1 N–H and O–H groups in total. The summed E-state index contributed by atoms with van der Waals surface area (Å²) in [5.74, 6) is -0.171. The van der Waals surface area contributed by atoms with E-state index in [2.05, 4.69) is 15.4 Å². The number of halogens is 1. The Morgan fingerprint density at radius 2 is 2.00 bits per heavy atom. The van der Waals surface area contributed by atoms with Crippen molar-refractivity contribution in [3.8, 4) is 5.69 Å². The highest BCUT2D eigenvalue weighted by molar-refractivity contribution is 7.18. The number of rotatable bonds is 3. The van der Waals surface area contributed by atoms with E-state index in [1.165, 1.54) is 17.7 Å². The van der Waals surface area contributed by atoms with Crippen LogP contribution in [0.1, 0.15) is 9.67 Å². The maximum atomic E-state index is 12.0. The highest BCUT2D eigenvalue weighted by atomic mass is 35.5. The predicted molar refractivity (Wildman–Crippen MR) is 78.6 cm³/mol. The fourth-order valence-corrected chi connectivity index (χ4v) is 2.61. The Labute approximate surface area is 123 Å². The van der Waals surface area contributed by atoms with Crippen molar-refractivity contribution in [2.24, 2.45) is 0 Å². The van der Waals surface area contributed by atoms with Crippen LogP contribution in [0.2, 0.25) is 4.34 Å². The van der Waals surface area contributed by atoms with Gasteiger partial charge in [-0.25, -0.2) is 9.67 Å². The molecule has 7 heteroatoms. The van der Waals surface area contributed by atoms with Crippen molar-refractivity contribution < 1.29 is 4.79 Å². The molecule has 1 amide bonds. The molecule has 0 unspecified atom stereocenters. The molecule has 0 fully saturated rings. The van der Waals surface area contributed by atoms with E-state index in [1.54, 1.807) is 23.1 Å². The minimum atomic E-state index is -0.171. The number of amides is 1. The second-order valence-electron chi connectivity index (χ2n) is 3.94. The van der Waals surface area contributed by atoms with Gasteiger partial charge in [0.2, 0.25) is 0 Å². The van der Waals surface area contributed by atoms with Crippen molar-refractivity contribution in [1.29, 1.82) is 0 Å². The van der Waals surface area contributed by atoms with E-state index in [0.29, 0.717) is 14.9 Å². The van der Waals surface area contributed by atoms with Gasteiger partial charge in [0.05, 0.1) is 14.9 Å². The third-order valence-corrected chi connectivity index (χ3v) is 3.84. The summed E-state index contributed by atoms with van der Waals surface area (Å²) in [5, 5.41) is 6.84. The zero-order valence-corrected chi connectivity index (χ0v) is 11.7.